The Bertz CT molecular complexity index is 612. The number of ether oxygens (including phenoxy) is 1. The van der Waals surface area contributed by atoms with Crippen LogP contribution in [0.15, 0.2) is 6.33 Å². The second-order valence-electron chi connectivity index (χ2n) is 4.55. The van der Waals surface area contributed by atoms with Crippen LogP contribution >= 0.6 is 12.2 Å². The molecule has 0 aliphatic rings. The van der Waals surface area contributed by atoms with Gasteiger partial charge >= 0.3 is 0 Å². The number of aromatic nitrogens is 4. The number of methoxy groups -OCH3 is 1. The van der Waals surface area contributed by atoms with Crippen molar-refractivity contribution < 1.29 is 4.74 Å². The number of aromatic amines is 1. The maximum absolute atomic E-state index is 5.43. The second-order valence-corrected chi connectivity index (χ2v) is 4.94. The Morgan fingerprint density at radius 3 is 2.61 bits per heavy atom. The van der Waals surface area contributed by atoms with Crippen LogP contribution in [0.2, 0.25) is 0 Å². The summed E-state index contributed by atoms with van der Waals surface area (Å²) in [5, 5.41) is 0. The largest absolute Gasteiger partial charge is 0.479 e. The summed E-state index contributed by atoms with van der Waals surface area (Å²) in [5.74, 6) is 0.527. The summed E-state index contributed by atoms with van der Waals surface area (Å²) in [6, 6.07) is 0. The van der Waals surface area contributed by atoms with Gasteiger partial charge in [-0.2, -0.15) is 4.98 Å². The highest BCUT2D eigenvalue weighted by molar-refractivity contribution is 7.71. The molecule has 0 aromatic carbocycles. The summed E-state index contributed by atoms with van der Waals surface area (Å²) >= 11 is 5.43. The monoisotopic (exact) mass is 266 g/mol. The van der Waals surface area contributed by atoms with E-state index in [4.69, 9.17) is 17.0 Å². The number of hydrogen-bond acceptors (Lipinski definition) is 4. The Labute approximate surface area is 111 Å². The normalized spacial score (nSPS) is 12.0. The first-order valence-electron chi connectivity index (χ1n) is 6.07. The zero-order valence-electron chi connectivity index (χ0n) is 11.1. The maximum atomic E-state index is 5.43. The molecule has 0 bridgehead atoms. The molecule has 2 aromatic heterocycles. The fraction of sp³-hybridized carbons (Fsp3) is 0.583. The van der Waals surface area contributed by atoms with Crippen molar-refractivity contribution in [1.82, 2.24) is 19.5 Å². The molecule has 0 aliphatic carbocycles. The molecule has 0 saturated heterocycles. The molecule has 2 rings (SSSR count). The number of nitrogens with zero attached hydrogens (tertiary/aromatic N) is 3. The molecule has 98 valence electrons. The lowest BCUT2D eigenvalue weighted by Crippen LogP contribution is -2.28. The molecular weight excluding hydrogens is 248 g/mol. The van der Waals surface area contributed by atoms with Crippen molar-refractivity contribution in [2.24, 2.45) is 0 Å². The van der Waals surface area contributed by atoms with Gasteiger partial charge in [0, 0.05) is 5.54 Å². The van der Waals surface area contributed by atoms with Gasteiger partial charge in [0.2, 0.25) is 5.88 Å². The highest BCUT2D eigenvalue weighted by Gasteiger charge is 2.26. The molecule has 18 heavy (non-hydrogen) atoms. The van der Waals surface area contributed by atoms with Crippen molar-refractivity contribution >= 4 is 23.4 Å². The van der Waals surface area contributed by atoms with Crippen molar-refractivity contribution in [3.05, 3.63) is 11.1 Å². The van der Waals surface area contributed by atoms with E-state index >= 15 is 0 Å². The average Bonchev–Trinajstić information content (AvgIpc) is 2.74. The molecule has 2 aromatic rings. The topological polar surface area (TPSA) is 55.7 Å². The van der Waals surface area contributed by atoms with Gasteiger partial charge in [-0.3, -0.25) is 4.57 Å². The quantitative estimate of drug-likeness (QED) is 0.864. The molecule has 0 fully saturated rings. The van der Waals surface area contributed by atoms with E-state index in [0.29, 0.717) is 10.7 Å². The van der Waals surface area contributed by atoms with Crippen LogP contribution in [-0.4, -0.2) is 26.6 Å². The van der Waals surface area contributed by atoms with E-state index in [0.717, 1.165) is 24.0 Å². The summed E-state index contributed by atoms with van der Waals surface area (Å²) in [7, 11) is 1.59. The van der Waals surface area contributed by atoms with E-state index < -0.39 is 0 Å². The predicted molar refractivity (Wildman–Crippen MR) is 73.5 cm³/mol. The number of fused-ring (bicyclic) bond motifs is 1. The van der Waals surface area contributed by atoms with Crippen molar-refractivity contribution in [2.75, 3.05) is 7.11 Å². The first kappa shape index (κ1) is 13.0. The van der Waals surface area contributed by atoms with E-state index in [1.54, 1.807) is 7.11 Å². The van der Waals surface area contributed by atoms with E-state index in [9.17, 15) is 0 Å². The summed E-state index contributed by atoms with van der Waals surface area (Å²) in [5.41, 5.74) is 1.52. The number of imidazole rings is 1. The molecule has 0 amide bonds. The second kappa shape index (κ2) is 4.68. The van der Waals surface area contributed by atoms with E-state index in [2.05, 4.69) is 40.3 Å². The fourth-order valence-corrected chi connectivity index (χ4v) is 2.53. The number of rotatable bonds is 4. The third-order valence-corrected chi connectivity index (χ3v) is 3.98. The summed E-state index contributed by atoms with van der Waals surface area (Å²) < 4.78 is 7.97. The van der Waals surface area contributed by atoms with Gasteiger partial charge in [-0.1, -0.05) is 13.8 Å². The number of H-pyrrole nitrogens is 1. The van der Waals surface area contributed by atoms with Gasteiger partial charge in [-0.15, -0.1) is 0 Å². The van der Waals surface area contributed by atoms with Crippen LogP contribution in [0.1, 0.15) is 33.6 Å². The van der Waals surface area contributed by atoms with E-state index in [1.165, 1.54) is 6.33 Å². The molecule has 6 heteroatoms. The molecule has 0 aliphatic heterocycles. The van der Waals surface area contributed by atoms with Crippen LogP contribution in [0, 0.1) is 4.77 Å². The van der Waals surface area contributed by atoms with Gasteiger partial charge < -0.3 is 9.72 Å². The number of nitrogens with one attached hydrogen (secondary N) is 1. The molecule has 0 saturated carbocycles. The van der Waals surface area contributed by atoms with Gasteiger partial charge in [0.25, 0.3) is 0 Å². The van der Waals surface area contributed by atoms with Gasteiger partial charge in [-0.25, -0.2) is 4.98 Å². The van der Waals surface area contributed by atoms with Crippen molar-refractivity contribution in [2.45, 2.75) is 39.2 Å². The van der Waals surface area contributed by atoms with Crippen LogP contribution in [0.3, 0.4) is 0 Å². The van der Waals surface area contributed by atoms with Crippen LogP contribution < -0.4 is 4.74 Å². The molecule has 1 N–H and O–H groups in total. The predicted octanol–water partition coefficient (Wildman–Crippen LogP) is 3.03. The highest BCUT2D eigenvalue weighted by atomic mass is 32.1. The van der Waals surface area contributed by atoms with Crippen molar-refractivity contribution in [3.8, 4) is 5.88 Å². The van der Waals surface area contributed by atoms with Gasteiger partial charge in [-0.05, 0) is 32.0 Å². The zero-order valence-corrected chi connectivity index (χ0v) is 12.0. The Hall–Kier alpha value is -1.43. The highest BCUT2D eigenvalue weighted by Crippen LogP contribution is 2.30. The van der Waals surface area contributed by atoms with Crippen LogP contribution in [0.4, 0.5) is 0 Å². The molecule has 0 radical (unpaired) electrons. The Balaban J connectivity index is 2.80. The molecule has 5 nitrogen and oxygen atoms in total. The average molecular weight is 266 g/mol. The molecular formula is C12H18N4OS. The summed E-state index contributed by atoms with van der Waals surface area (Å²) in [6.45, 7) is 6.50. The molecule has 0 unspecified atom stereocenters. The maximum Gasteiger partial charge on any atom is 0.242 e. The minimum Gasteiger partial charge on any atom is -0.479 e. The molecule has 0 atom stereocenters. The van der Waals surface area contributed by atoms with Crippen LogP contribution in [0.5, 0.6) is 5.88 Å². The molecule has 0 spiro atoms. The number of hydrogen-bond donors (Lipinski definition) is 1. The molecule has 2 heterocycles. The van der Waals surface area contributed by atoms with E-state index in [1.807, 2.05) is 0 Å². The van der Waals surface area contributed by atoms with Gasteiger partial charge in [0.1, 0.15) is 11.8 Å². The minimum atomic E-state index is -0.0469. The lowest BCUT2D eigenvalue weighted by molar-refractivity contribution is 0.298. The Kier molecular flexibility index (Phi) is 3.38. The van der Waals surface area contributed by atoms with Gasteiger partial charge in [0.15, 0.2) is 10.4 Å². The van der Waals surface area contributed by atoms with Crippen molar-refractivity contribution in [3.63, 3.8) is 0 Å². The lowest BCUT2D eigenvalue weighted by atomic mass is 9.95. The summed E-state index contributed by atoms with van der Waals surface area (Å²) in [6.07, 6.45) is 3.47. The minimum absolute atomic E-state index is 0.0469. The first-order chi connectivity index (χ1) is 8.57. The lowest BCUT2D eigenvalue weighted by Gasteiger charge is -2.28. The van der Waals surface area contributed by atoms with Crippen LogP contribution in [0.25, 0.3) is 11.2 Å². The third-order valence-electron chi connectivity index (χ3n) is 3.70. The van der Waals surface area contributed by atoms with Gasteiger partial charge in [0.05, 0.1) is 7.11 Å². The third kappa shape index (κ3) is 1.80. The van der Waals surface area contributed by atoms with Crippen molar-refractivity contribution in [1.29, 1.82) is 0 Å². The smallest absolute Gasteiger partial charge is 0.242 e. The SMILES string of the molecule is CCC(C)(CC)n1c(=S)[nH]c2c(OC)ncnc21. The zero-order chi connectivity index (χ0) is 13.3. The Morgan fingerprint density at radius 1 is 1.39 bits per heavy atom. The Morgan fingerprint density at radius 2 is 2.06 bits per heavy atom. The fourth-order valence-electron chi connectivity index (χ4n) is 2.12. The van der Waals surface area contributed by atoms with Crippen LogP contribution in [-0.2, 0) is 5.54 Å². The van der Waals surface area contributed by atoms with E-state index in [-0.39, 0.29) is 5.54 Å². The summed E-state index contributed by atoms with van der Waals surface area (Å²) in [4.78, 5) is 11.6. The first-order valence-corrected chi connectivity index (χ1v) is 6.48. The standard InChI is InChI=1S/C12H18N4OS/c1-5-12(3,6-2)16-9-8(15-11(16)18)10(17-4)14-7-13-9/h7H,5-6H2,1-4H3,(H,15,18).